The molecule has 2 aromatic rings. The van der Waals surface area contributed by atoms with E-state index < -0.39 is 6.10 Å². The number of rotatable bonds is 8. The third-order valence-corrected chi connectivity index (χ3v) is 4.97. The maximum absolute atomic E-state index is 10.2. The summed E-state index contributed by atoms with van der Waals surface area (Å²) in [5.74, 6) is 0.574. The van der Waals surface area contributed by atoms with E-state index in [1.165, 1.54) is 17.7 Å². The molecule has 126 valence electrons. The SMILES string of the molecule is O[C@H](COCc1cccs1)CN1CCC[C@@H](Cn2cncn2)C1. The van der Waals surface area contributed by atoms with E-state index in [2.05, 4.69) is 21.0 Å². The second-order valence-electron chi connectivity index (χ2n) is 6.13. The molecule has 0 radical (unpaired) electrons. The van der Waals surface area contributed by atoms with Gasteiger partial charge in [-0.05, 0) is 36.8 Å². The van der Waals surface area contributed by atoms with Crippen LogP contribution in [0.3, 0.4) is 0 Å². The van der Waals surface area contributed by atoms with Crippen molar-refractivity contribution < 1.29 is 9.84 Å². The predicted molar refractivity (Wildman–Crippen MR) is 89.2 cm³/mol. The van der Waals surface area contributed by atoms with Crippen LogP contribution in [0.15, 0.2) is 30.2 Å². The first-order chi connectivity index (χ1) is 11.3. The highest BCUT2D eigenvalue weighted by Crippen LogP contribution is 2.18. The van der Waals surface area contributed by atoms with Gasteiger partial charge in [0.1, 0.15) is 12.7 Å². The van der Waals surface area contributed by atoms with Crippen LogP contribution in [-0.4, -0.2) is 57.1 Å². The molecule has 1 N–H and O–H groups in total. The summed E-state index contributed by atoms with van der Waals surface area (Å²) in [6.07, 6.45) is 5.30. The number of hydrogen-bond acceptors (Lipinski definition) is 6. The Bertz CT molecular complexity index is 546. The van der Waals surface area contributed by atoms with Crippen LogP contribution in [0.25, 0.3) is 0 Å². The van der Waals surface area contributed by atoms with Gasteiger partial charge in [0.05, 0.1) is 19.3 Å². The number of hydrogen-bond donors (Lipinski definition) is 1. The number of ether oxygens (including phenoxy) is 1. The number of thiophene rings is 1. The summed E-state index contributed by atoms with van der Waals surface area (Å²) in [6, 6.07) is 4.07. The average Bonchev–Trinajstić information content (AvgIpc) is 3.21. The molecule has 1 aliphatic rings. The summed E-state index contributed by atoms with van der Waals surface area (Å²) in [5.41, 5.74) is 0. The quantitative estimate of drug-likeness (QED) is 0.794. The van der Waals surface area contributed by atoms with Gasteiger partial charge in [0, 0.05) is 24.5 Å². The van der Waals surface area contributed by atoms with Gasteiger partial charge in [0.2, 0.25) is 0 Å². The van der Waals surface area contributed by atoms with Crippen LogP contribution in [-0.2, 0) is 17.9 Å². The molecular formula is C16H24N4O2S. The zero-order valence-electron chi connectivity index (χ0n) is 13.3. The Labute approximate surface area is 140 Å². The molecule has 7 heteroatoms. The highest BCUT2D eigenvalue weighted by molar-refractivity contribution is 7.09. The van der Waals surface area contributed by atoms with Crippen molar-refractivity contribution in [2.45, 2.75) is 32.1 Å². The minimum absolute atomic E-state index is 0.391. The Balaban J connectivity index is 1.36. The zero-order chi connectivity index (χ0) is 15.9. The van der Waals surface area contributed by atoms with Crippen molar-refractivity contribution in [3.63, 3.8) is 0 Å². The largest absolute Gasteiger partial charge is 0.389 e. The number of β-amino-alcohol motifs (C(OH)–C–C–N with tert-alkyl or cyclic N) is 1. The van der Waals surface area contributed by atoms with Crippen molar-refractivity contribution in [3.8, 4) is 0 Å². The molecule has 3 heterocycles. The number of piperidine rings is 1. The number of nitrogens with zero attached hydrogens (tertiary/aromatic N) is 4. The van der Waals surface area contributed by atoms with Gasteiger partial charge in [-0.3, -0.25) is 4.68 Å². The fraction of sp³-hybridized carbons (Fsp3) is 0.625. The molecule has 0 aliphatic carbocycles. The first-order valence-corrected chi connectivity index (χ1v) is 9.00. The summed E-state index contributed by atoms with van der Waals surface area (Å²) in [5, 5.41) is 16.4. The van der Waals surface area contributed by atoms with Crippen LogP contribution in [0.4, 0.5) is 0 Å². The zero-order valence-corrected chi connectivity index (χ0v) is 14.1. The molecule has 0 spiro atoms. The van der Waals surface area contributed by atoms with E-state index in [9.17, 15) is 5.11 Å². The Morgan fingerprint density at radius 2 is 2.43 bits per heavy atom. The number of aromatic nitrogens is 3. The summed E-state index contributed by atoms with van der Waals surface area (Å²) < 4.78 is 7.50. The van der Waals surface area contributed by atoms with E-state index in [0.717, 1.165) is 19.6 Å². The highest BCUT2D eigenvalue weighted by Gasteiger charge is 2.22. The monoisotopic (exact) mass is 336 g/mol. The topological polar surface area (TPSA) is 63.4 Å². The van der Waals surface area contributed by atoms with E-state index >= 15 is 0 Å². The molecule has 0 amide bonds. The molecule has 1 aliphatic heterocycles. The van der Waals surface area contributed by atoms with Gasteiger partial charge >= 0.3 is 0 Å². The van der Waals surface area contributed by atoms with E-state index in [4.69, 9.17) is 4.74 Å². The van der Waals surface area contributed by atoms with Gasteiger partial charge in [0.15, 0.2) is 0 Å². The molecule has 0 aromatic carbocycles. The van der Waals surface area contributed by atoms with Crippen molar-refractivity contribution in [3.05, 3.63) is 35.0 Å². The van der Waals surface area contributed by atoms with Gasteiger partial charge in [0.25, 0.3) is 0 Å². The molecule has 1 fully saturated rings. The van der Waals surface area contributed by atoms with Gasteiger partial charge in [-0.25, -0.2) is 4.98 Å². The van der Waals surface area contributed by atoms with Gasteiger partial charge < -0.3 is 14.7 Å². The molecule has 6 nitrogen and oxygen atoms in total. The summed E-state index contributed by atoms with van der Waals surface area (Å²) in [4.78, 5) is 7.53. The number of likely N-dealkylation sites (tertiary alicyclic amines) is 1. The maximum atomic E-state index is 10.2. The molecule has 2 atom stereocenters. The van der Waals surface area contributed by atoms with Gasteiger partial charge in [-0.15, -0.1) is 11.3 Å². The number of aliphatic hydroxyl groups is 1. The Kier molecular flexibility index (Phi) is 6.15. The molecular weight excluding hydrogens is 312 g/mol. The van der Waals surface area contributed by atoms with Crippen molar-refractivity contribution in [2.24, 2.45) is 5.92 Å². The average molecular weight is 336 g/mol. The molecule has 0 bridgehead atoms. The van der Waals surface area contributed by atoms with Crippen LogP contribution < -0.4 is 0 Å². The summed E-state index contributed by atoms with van der Waals surface area (Å²) in [7, 11) is 0. The van der Waals surface area contributed by atoms with Crippen molar-refractivity contribution in [1.29, 1.82) is 0 Å². The standard InChI is InChI=1S/C16H24N4O2S/c21-15(10-22-11-16-4-2-6-23-16)9-19-5-1-3-14(7-19)8-20-13-17-12-18-20/h2,4,6,12-15,21H,1,3,5,7-11H2/t14-,15+/m1/s1. The lowest BCUT2D eigenvalue weighted by Crippen LogP contribution is -2.42. The highest BCUT2D eigenvalue weighted by atomic mass is 32.1. The Hall–Kier alpha value is -1.28. The van der Waals surface area contributed by atoms with E-state index in [-0.39, 0.29) is 0 Å². The van der Waals surface area contributed by atoms with Crippen LogP contribution >= 0.6 is 11.3 Å². The molecule has 23 heavy (non-hydrogen) atoms. The Morgan fingerprint density at radius 3 is 3.22 bits per heavy atom. The normalized spacial score (nSPS) is 20.7. The van der Waals surface area contributed by atoms with Crippen LogP contribution in [0.1, 0.15) is 17.7 Å². The second kappa shape index (κ2) is 8.54. The summed E-state index contributed by atoms with van der Waals surface area (Å²) >= 11 is 1.68. The lowest BCUT2D eigenvalue weighted by molar-refractivity contribution is 0.00282. The molecule has 0 saturated carbocycles. The fourth-order valence-corrected chi connectivity index (χ4v) is 3.74. The molecule has 3 rings (SSSR count). The van der Waals surface area contributed by atoms with Crippen molar-refractivity contribution in [2.75, 3.05) is 26.2 Å². The van der Waals surface area contributed by atoms with Crippen LogP contribution in [0.2, 0.25) is 0 Å². The maximum Gasteiger partial charge on any atom is 0.137 e. The van der Waals surface area contributed by atoms with Crippen LogP contribution in [0, 0.1) is 5.92 Å². The number of aliphatic hydroxyl groups excluding tert-OH is 1. The van der Waals surface area contributed by atoms with Crippen molar-refractivity contribution in [1.82, 2.24) is 19.7 Å². The van der Waals surface area contributed by atoms with Gasteiger partial charge in [-0.2, -0.15) is 5.10 Å². The first-order valence-electron chi connectivity index (χ1n) is 8.12. The third kappa shape index (κ3) is 5.39. The third-order valence-electron chi connectivity index (χ3n) is 4.12. The smallest absolute Gasteiger partial charge is 0.137 e. The lowest BCUT2D eigenvalue weighted by Gasteiger charge is -2.33. The summed E-state index contributed by atoms with van der Waals surface area (Å²) in [6.45, 7) is 4.61. The van der Waals surface area contributed by atoms with Crippen molar-refractivity contribution >= 4 is 11.3 Å². The molecule has 1 saturated heterocycles. The second-order valence-corrected chi connectivity index (χ2v) is 7.17. The Morgan fingerprint density at radius 1 is 1.48 bits per heavy atom. The van der Waals surface area contributed by atoms with Gasteiger partial charge in [-0.1, -0.05) is 6.07 Å². The first kappa shape index (κ1) is 16.6. The predicted octanol–water partition coefficient (Wildman–Crippen LogP) is 1.63. The molecule has 2 aromatic heterocycles. The lowest BCUT2D eigenvalue weighted by atomic mass is 9.98. The van der Waals surface area contributed by atoms with Crippen LogP contribution in [0.5, 0.6) is 0 Å². The minimum Gasteiger partial charge on any atom is -0.389 e. The minimum atomic E-state index is -0.430. The molecule has 0 unspecified atom stereocenters. The van der Waals surface area contributed by atoms with E-state index in [1.807, 2.05) is 16.1 Å². The van der Waals surface area contributed by atoms with E-state index in [1.54, 1.807) is 24.0 Å². The van der Waals surface area contributed by atoms with E-state index in [0.29, 0.717) is 25.7 Å². The fourth-order valence-electron chi connectivity index (χ4n) is 3.10.